The molecule has 0 saturated carbocycles. The third-order valence-corrected chi connectivity index (χ3v) is 3.67. The maximum atomic E-state index is 13.5. The van der Waals surface area contributed by atoms with Gasteiger partial charge in [0.1, 0.15) is 11.6 Å². The van der Waals surface area contributed by atoms with Gasteiger partial charge in [0.15, 0.2) is 0 Å². The van der Waals surface area contributed by atoms with Crippen LogP contribution < -0.4 is 10.1 Å². The van der Waals surface area contributed by atoms with Gasteiger partial charge in [0, 0.05) is 10.6 Å². The SMILES string of the molecule is CCNC(c1ccc(F)c(C)c1)c1ccc(Cl)cc1OC. The normalized spacial score (nSPS) is 12.2. The van der Waals surface area contributed by atoms with Crippen molar-refractivity contribution >= 4 is 11.6 Å². The maximum absolute atomic E-state index is 13.5. The van der Waals surface area contributed by atoms with E-state index < -0.39 is 0 Å². The fraction of sp³-hybridized carbons (Fsp3) is 0.294. The van der Waals surface area contributed by atoms with Crippen LogP contribution in [0.15, 0.2) is 36.4 Å². The molecule has 2 aromatic carbocycles. The van der Waals surface area contributed by atoms with Gasteiger partial charge in [-0.25, -0.2) is 4.39 Å². The molecule has 0 aliphatic heterocycles. The first-order valence-electron chi connectivity index (χ1n) is 6.89. The topological polar surface area (TPSA) is 21.3 Å². The van der Waals surface area contributed by atoms with Crippen LogP contribution in [0.25, 0.3) is 0 Å². The summed E-state index contributed by atoms with van der Waals surface area (Å²) in [5.41, 5.74) is 2.61. The highest BCUT2D eigenvalue weighted by molar-refractivity contribution is 6.30. The number of nitrogens with one attached hydrogen (secondary N) is 1. The zero-order valence-electron chi connectivity index (χ0n) is 12.4. The van der Waals surface area contributed by atoms with Gasteiger partial charge in [-0.1, -0.05) is 36.7 Å². The smallest absolute Gasteiger partial charge is 0.126 e. The van der Waals surface area contributed by atoms with Crippen LogP contribution in [0, 0.1) is 12.7 Å². The molecule has 0 bridgehead atoms. The summed E-state index contributed by atoms with van der Waals surface area (Å²) < 4.78 is 18.9. The van der Waals surface area contributed by atoms with Crippen molar-refractivity contribution in [1.82, 2.24) is 5.32 Å². The monoisotopic (exact) mass is 307 g/mol. The van der Waals surface area contributed by atoms with Crippen LogP contribution in [-0.4, -0.2) is 13.7 Å². The van der Waals surface area contributed by atoms with Crippen molar-refractivity contribution in [3.8, 4) is 5.75 Å². The summed E-state index contributed by atoms with van der Waals surface area (Å²) >= 11 is 6.02. The van der Waals surface area contributed by atoms with Crippen molar-refractivity contribution in [2.75, 3.05) is 13.7 Å². The molecule has 0 amide bonds. The Hall–Kier alpha value is -1.58. The van der Waals surface area contributed by atoms with E-state index in [0.717, 1.165) is 23.4 Å². The predicted molar refractivity (Wildman–Crippen MR) is 84.7 cm³/mol. The Morgan fingerprint density at radius 3 is 2.62 bits per heavy atom. The number of hydrogen-bond donors (Lipinski definition) is 1. The van der Waals surface area contributed by atoms with Crippen molar-refractivity contribution in [3.05, 3.63) is 63.9 Å². The summed E-state index contributed by atoms with van der Waals surface area (Å²) in [5, 5.41) is 4.04. The van der Waals surface area contributed by atoms with Crippen LogP contribution in [-0.2, 0) is 0 Å². The summed E-state index contributed by atoms with van der Waals surface area (Å²) in [6, 6.07) is 10.6. The van der Waals surface area contributed by atoms with E-state index in [2.05, 4.69) is 5.32 Å². The first-order valence-corrected chi connectivity index (χ1v) is 7.27. The Bertz CT molecular complexity index is 630. The number of methoxy groups -OCH3 is 1. The number of aryl methyl sites for hydroxylation is 1. The van der Waals surface area contributed by atoms with Crippen molar-refractivity contribution in [3.63, 3.8) is 0 Å². The molecule has 0 radical (unpaired) electrons. The van der Waals surface area contributed by atoms with E-state index in [-0.39, 0.29) is 11.9 Å². The van der Waals surface area contributed by atoms with E-state index in [4.69, 9.17) is 16.3 Å². The summed E-state index contributed by atoms with van der Waals surface area (Å²) in [4.78, 5) is 0. The summed E-state index contributed by atoms with van der Waals surface area (Å²) in [6.07, 6.45) is 0. The van der Waals surface area contributed by atoms with Gasteiger partial charge in [0.05, 0.1) is 13.2 Å². The first kappa shape index (κ1) is 15.8. The molecule has 112 valence electrons. The molecular formula is C17H19ClFNO. The van der Waals surface area contributed by atoms with Crippen LogP contribution in [0.1, 0.15) is 29.7 Å². The lowest BCUT2D eigenvalue weighted by molar-refractivity contribution is 0.404. The third kappa shape index (κ3) is 3.55. The fourth-order valence-corrected chi connectivity index (χ4v) is 2.54. The third-order valence-electron chi connectivity index (χ3n) is 3.43. The number of rotatable bonds is 5. The van der Waals surface area contributed by atoms with Gasteiger partial charge in [0.25, 0.3) is 0 Å². The second-order valence-electron chi connectivity index (χ2n) is 4.89. The summed E-state index contributed by atoms with van der Waals surface area (Å²) in [6.45, 7) is 4.58. The second kappa shape index (κ2) is 6.92. The molecule has 0 fully saturated rings. The van der Waals surface area contributed by atoms with E-state index in [1.807, 2.05) is 25.1 Å². The minimum atomic E-state index is -0.197. The van der Waals surface area contributed by atoms with Gasteiger partial charge in [-0.3, -0.25) is 0 Å². The number of benzene rings is 2. The molecule has 2 aromatic rings. The fourth-order valence-electron chi connectivity index (χ4n) is 2.38. The maximum Gasteiger partial charge on any atom is 0.126 e. The molecule has 0 aliphatic rings. The van der Waals surface area contributed by atoms with Gasteiger partial charge in [-0.15, -0.1) is 0 Å². The van der Waals surface area contributed by atoms with E-state index in [1.165, 1.54) is 6.07 Å². The summed E-state index contributed by atoms with van der Waals surface area (Å²) in [7, 11) is 1.62. The number of ether oxygens (including phenoxy) is 1. The lowest BCUT2D eigenvalue weighted by Gasteiger charge is -2.22. The van der Waals surface area contributed by atoms with Crippen molar-refractivity contribution in [2.45, 2.75) is 19.9 Å². The van der Waals surface area contributed by atoms with Crippen LogP contribution in [0.4, 0.5) is 4.39 Å². The Labute approximate surface area is 129 Å². The van der Waals surface area contributed by atoms with Crippen molar-refractivity contribution in [1.29, 1.82) is 0 Å². The average molecular weight is 308 g/mol. The molecule has 4 heteroatoms. The molecule has 0 aliphatic carbocycles. The Morgan fingerprint density at radius 2 is 2.00 bits per heavy atom. The second-order valence-corrected chi connectivity index (χ2v) is 5.32. The lowest BCUT2D eigenvalue weighted by atomic mass is 9.96. The van der Waals surface area contributed by atoms with E-state index in [9.17, 15) is 4.39 Å². The Kier molecular flexibility index (Phi) is 5.21. The van der Waals surface area contributed by atoms with Crippen LogP contribution >= 0.6 is 11.6 Å². The zero-order chi connectivity index (χ0) is 15.4. The highest BCUT2D eigenvalue weighted by atomic mass is 35.5. The molecule has 0 saturated heterocycles. The molecule has 1 unspecified atom stereocenters. The Balaban J connectivity index is 2.50. The van der Waals surface area contributed by atoms with Crippen LogP contribution in [0.3, 0.4) is 0 Å². The largest absolute Gasteiger partial charge is 0.496 e. The molecule has 0 heterocycles. The summed E-state index contributed by atoms with van der Waals surface area (Å²) in [5.74, 6) is 0.521. The van der Waals surface area contributed by atoms with Crippen molar-refractivity contribution in [2.24, 2.45) is 0 Å². The van der Waals surface area contributed by atoms with E-state index in [0.29, 0.717) is 10.6 Å². The zero-order valence-corrected chi connectivity index (χ0v) is 13.2. The van der Waals surface area contributed by atoms with Gasteiger partial charge >= 0.3 is 0 Å². The van der Waals surface area contributed by atoms with Gasteiger partial charge in [0.2, 0.25) is 0 Å². The molecule has 2 nitrogen and oxygen atoms in total. The first-order chi connectivity index (χ1) is 10.1. The lowest BCUT2D eigenvalue weighted by Crippen LogP contribution is -2.22. The minimum absolute atomic E-state index is 0.0680. The van der Waals surface area contributed by atoms with Gasteiger partial charge in [-0.2, -0.15) is 0 Å². The van der Waals surface area contributed by atoms with Crippen LogP contribution in [0.5, 0.6) is 5.75 Å². The quantitative estimate of drug-likeness (QED) is 0.878. The standard InChI is InChI=1S/C17H19ClFNO/c1-4-20-17(12-5-8-15(19)11(2)9-12)14-7-6-13(18)10-16(14)21-3/h5-10,17,20H,4H2,1-3H3. The molecular weight excluding hydrogens is 289 g/mol. The van der Waals surface area contributed by atoms with E-state index in [1.54, 1.807) is 26.2 Å². The molecule has 1 atom stereocenters. The molecule has 1 N–H and O–H groups in total. The minimum Gasteiger partial charge on any atom is -0.496 e. The molecule has 0 spiro atoms. The van der Waals surface area contributed by atoms with Crippen molar-refractivity contribution < 1.29 is 9.13 Å². The van der Waals surface area contributed by atoms with Gasteiger partial charge < -0.3 is 10.1 Å². The Morgan fingerprint density at radius 1 is 1.24 bits per heavy atom. The van der Waals surface area contributed by atoms with Gasteiger partial charge in [-0.05, 0) is 42.8 Å². The van der Waals surface area contributed by atoms with Crippen LogP contribution in [0.2, 0.25) is 5.02 Å². The number of halogens is 2. The number of hydrogen-bond acceptors (Lipinski definition) is 2. The molecule has 0 aromatic heterocycles. The highest BCUT2D eigenvalue weighted by Gasteiger charge is 2.18. The highest BCUT2D eigenvalue weighted by Crippen LogP contribution is 2.32. The predicted octanol–water partition coefficient (Wildman–Crippen LogP) is 4.50. The molecule has 2 rings (SSSR count). The average Bonchev–Trinajstić information content (AvgIpc) is 2.48. The van der Waals surface area contributed by atoms with E-state index >= 15 is 0 Å². The molecule has 21 heavy (non-hydrogen) atoms.